The van der Waals surface area contributed by atoms with E-state index in [1.54, 1.807) is 12.1 Å². The van der Waals surface area contributed by atoms with Crippen LogP contribution in [0.25, 0.3) is 0 Å². The second-order valence-corrected chi connectivity index (χ2v) is 4.63. The maximum Gasteiger partial charge on any atom is 0.128 e. The van der Waals surface area contributed by atoms with Gasteiger partial charge in [0.1, 0.15) is 17.3 Å². The standard InChI is InChI=1S/C15H18FNO2/c1-10-5-13(11(2)19-10)8-17-7-12-3-4-15(16)14(6-12)9-18/h3-6,17-18H,7-9H2,1-2H3. The van der Waals surface area contributed by atoms with Crippen LogP contribution in [0.15, 0.2) is 28.7 Å². The molecular weight excluding hydrogens is 245 g/mol. The summed E-state index contributed by atoms with van der Waals surface area (Å²) in [6.45, 7) is 4.90. The van der Waals surface area contributed by atoms with Crippen molar-refractivity contribution in [1.29, 1.82) is 0 Å². The molecule has 1 aromatic heterocycles. The van der Waals surface area contributed by atoms with Crippen LogP contribution in [-0.4, -0.2) is 5.11 Å². The highest BCUT2D eigenvalue weighted by Crippen LogP contribution is 2.14. The molecule has 1 aromatic carbocycles. The molecule has 0 unspecified atom stereocenters. The predicted molar refractivity (Wildman–Crippen MR) is 71.0 cm³/mol. The lowest BCUT2D eigenvalue weighted by atomic mass is 10.1. The summed E-state index contributed by atoms with van der Waals surface area (Å²) in [6.07, 6.45) is 0. The molecule has 19 heavy (non-hydrogen) atoms. The molecule has 3 nitrogen and oxygen atoms in total. The maximum atomic E-state index is 13.2. The van der Waals surface area contributed by atoms with Crippen molar-refractivity contribution in [3.63, 3.8) is 0 Å². The molecule has 0 spiro atoms. The Morgan fingerprint density at radius 2 is 1.95 bits per heavy atom. The first-order valence-corrected chi connectivity index (χ1v) is 6.25. The summed E-state index contributed by atoms with van der Waals surface area (Å²) in [7, 11) is 0. The molecule has 0 aliphatic carbocycles. The highest BCUT2D eigenvalue weighted by molar-refractivity contribution is 5.25. The van der Waals surface area contributed by atoms with Crippen LogP contribution < -0.4 is 5.32 Å². The summed E-state index contributed by atoms with van der Waals surface area (Å²) in [5, 5.41) is 12.3. The number of aliphatic hydroxyl groups is 1. The van der Waals surface area contributed by atoms with Crippen molar-refractivity contribution in [2.45, 2.75) is 33.5 Å². The van der Waals surface area contributed by atoms with E-state index in [1.807, 2.05) is 19.9 Å². The lowest BCUT2D eigenvalue weighted by Gasteiger charge is -2.06. The molecule has 0 aliphatic heterocycles. The van der Waals surface area contributed by atoms with Crippen molar-refractivity contribution in [1.82, 2.24) is 5.32 Å². The van der Waals surface area contributed by atoms with Crippen LogP contribution in [0.2, 0.25) is 0 Å². The molecule has 0 fully saturated rings. The summed E-state index contributed by atoms with van der Waals surface area (Å²) in [5.74, 6) is 1.45. The molecular formula is C15H18FNO2. The van der Waals surface area contributed by atoms with E-state index >= 15 is 0 Å². The fourth-order valence-electron chi connectivity index (χ4n) is 2.06. The minimum atomic E-state index is -0.368. The number of halogens is 1. The van der Waals surface area contributed by atoms with Gasteiger partial charge in [0.15, 0.2) is 0 Å². The van der Waals surface area contributed by atoms with Gasteiger partial charge in [0.25, 0.3) is 0 Å². The number of benzene rings is 1. The van der Waals surface area contributed by atoms with Gasteiger partial charge < -0.3 is 14.8 Å². The van der Waals surface area contributed by atoms with E-state index in [1.165, 1.54) is 6.07 Å². The number of hydrogen-bond donors (Lipinski definition) is 2. The first-order chi connectivity index (χ1) is 9.10. The molecule has 0 bridgehead atoms. The Balaban J connectivity index is 1.94. The number of aliphatic hydroxyl groups excluding tert-OH is 1. The second-order valence-electron chi connectivity index (χ2n) is 4.63. The highest BCUT2D eigenvalue weighted by atomic mass is 19.1. The Morgan fingerprint density at radius 1 is 1.16 bits per heavy atom. The summed E-state index contributed by atoms with van der Waals surface area (Å²) >= 11 is 0. The van der Waals surface area contributed by atoms with E-state index in [4.69, 9.17) is 9.52 Å². The summed E-state index contributed by atoms with van der Waals surface area (Å²) in [6, 6.07) is 6.78. The minimum Gasteiger partial charge on any atom is -0.466 e. The third-order valence-corrected chi connectivity index (χ3v) is 3.07. The topological polar surface area (TPSA) is 45.4 Å². The Bertz CT molecular complexity index is 563. The van der Waals surface area contributed by atoms with Crippen LogP contribution in [-0.2, 0) is 19.7 Å². The van der Waals surface area contributed by atoms with Gasteiger partial charge in [-0.1, -0.05) is 6.07 Å². The van der Waals surface area contributed by atoms with Crippen molar-refractivity contribution in [3.05, 3.63) is 58.3 Å². The summed E-state index contributed by atoms with van der Waals surface area (Å²) < 4.78 is 18.7. The number of rotatable bonds is 5. The van der Waals surface area contributed by atoms with Gasteiger partial charge in [-0.15, -0.1) is 0 Å². The molecule has 0 saturated heterocycles. The van der Waals surface area contributed by atoms with E-state index < -0.39 is 0 Å². The second kappa shape index (κ2) is 5.99. The van der Waals surface area contributed by atoms with Gasteiger partial charge in [0.05, 0.1) is 6.61 Å². The Morgan fingerprint density at radius 3 is 2.58 bits per heavy atom. The van der Waals surface area contributed by atoms with E-state index in [-0.39, 0.29) is 12.4 Å². The van der Waals surface area contributed by atoms with Gasteiger partial charge in [0.2, 0.25) is 0 Å². The molecule has 102 valence electrons. The average Bonchev–Trinajstić information content (AvgIpc) is 2.70. The molecule has 0 radical (unpaired) electrons. The molecule has 0 amide bonds. The predicted octanol–water partition coefficient (Wildman–Crippen LogP) is 2.82. The monoisotopic (exact) mass is 263 g/mol. The van der Waals surface area contributed by atoms with Crippen LogP contribution in [0.5, 0.6) is 0 Å². The summed E-state index contributed by atoms with van der Waals surface area (Å²) in [5.41, 5.74) is 2.40. The van der Waals surface area contributed by atoms with Crippen LogP contribution in [0, 0.1) is 19.7 Å². The van der Waals surface area contributed by atoms with Gasteiger partial charge in [-0.3, -0.25) is 0 Å². The third-order valence-electron chi connectivity index (χ3n) is 3.07. The van der Waals surface area contributed by atoms with E-state index in [9.17, 15) is 4.39 Å². The lowest BCUT2D eigenvalue weighted by molar-refractivity contribution is 0.275. The molecule has 2 aromatic rings. The SMILES string of the molecule is Cc1cc(CNCc2ccc(F)c(CO)c2)c(C)o1. The molecule has 2 rings (SSSR count). The Kier molecular flexibility index (Phi) is 4.35. The number of aryl methyl sites for hydroxylation is 2. The first-order valence-electron chi connectivity index (χ1n) is 6.25. The quantitative estimate of drug-likeness (QED) is 0.872. The Hall–Kier alpha value is -1.65. The average molecular weight is 263 g/mol. The number of hydrogen-bond acceptors (Lipinski definition) is 3. The van der Waals surface area contributed by atoms with Crippen LogP contribution in [0.3, 0.4) is 0 Å². The van der Waals surface area contributed by atoms with Crippen LogP contribution in [0.1, 0.15) is 28.2 Å². The van der Waals surface area contributed by atoms with Crippen molar-refractivity contribution >= 4 is 0 Å². The molecule has 1 heterocycles. The summed E-state index contributed by atoms with van der Waals surface area (Å²) in [4.78, 5) is 0. The molecule has 0 aliphatic rings. The van der Waals surface area contributed by atoms with E-state index in [0.717, 1.165) is 22.6 Å². The largest absolute Gasteiger partial charge is 0.466 e. The van der Waals surface area contributed by atoms with Gasteiger partial charge >= 0.3 is 0 Å². The maximum absolute atomic E-state index is 13.2. The fourth-order valence-corrected chi connectivity index (χ4v) is 2.06. The fraction of sp³-hybridized carbons (Fsp3) is 0.333. The van der Waals surface area contributed by atoms with Gasteiger partial charge in [0, 0.05) is 24.2 Å². The normalized spacial score (nSPS) is 10.9. The van der Waals surface area contributed by atoms with E-state index in [0.29, 0.717) is 18.7 Å². The number of furan rings is 1. The molecule has 0 saturated carbocycles. The molecule has 2 N–H and O–H groups in total. The zero-order valence-corrected chi connectivity index (χ0v) is 11.2. The highest BCUT2D eigenvalue weighted by Gasteiger charge is 2.05. The smallest absolute Gasteiger partial charge is 0.128 e. The molecule has 4 heteroatoms. The molecule has 0 atom stereocenters. The van der Waals surface area contributed by atoms with Crippen molar-refractivity contribution in [2.75, 3.05) is 0 Å². The van der Waals surface area contributed by atoms with Crippen molar-refractivity contribution in [2.24, 2.45) is 0 Å². The van der Waals surface area contributed by atoms with Crippen LogP contribution in [0.4, 0.5) is 4.39 Å². The number of nitrogens with one attached hydrogen (secondary N) is 1. The zero-order chi connectivity index (χ0) is 13.8. The van der Waals surface area contributed by atoms with Crippen molar-refractivity contribution in [3.8, 4) is 0 Å². The lowest BCUT2D eigenvalue weighted by Crippen LogP contribution is -2.13. The van der Waals surface area contributed by atoms with Gasteiger partial charge in [-0.05, 0) is 37.6 Å². The van der Waals surface area contributed by atoms with Gasteiger partial charge in [-0.25, -0.2) is 4.39 Å². The first kappa shape index (κ1) is 13.8. The van der Waals surface area contributed by atoms with E-state index in [2.05, 4.69) is 5.32 Å². The minimum absolute atomic E-state index is 0.278. The van der Waals surface area contributed by atoms with Gasteiger partial charge in [-0.2, -0.15) is 0 Å². The third kappa shape index (κ3) is 3.43. The van der Waals surface area contributed by atoms with Crippen molar-refractivity contribution < 1.29 is 13.9 Å². The zero-order valence-electron chi connectivity index (χ0n) is 11.2. The Labute approximate surface area is 112 Å². The van der Waals surface area contributed by atoms with Crippen LogP contribution >= 0.6 is 0 Å².